The smallest absolute Gasteiger partial charge is 0.287 e. The molecule has 0 radical (unpaired) electrons. The molecule has 0 bridgehead atoms. The van der Waals surface area contributed by atoms with Crippen LogP contribution in [0.5, 0.6) is 23.0 Å². The van der Waals surface area contributed by atoms with E-state index in [1.54, 1.807) is 14.2 Å². The Hall–Kier alpha value is -2.66. The van der Waals surface area contributed by atoms with E-state index in [9.17, 15) is 0 Å². The highest BCUT2D eigenvalue weighted by molar-refractivity contribution is 6.34. The number of halogens is 1. The second kappa shape index (κ2) is 5.68. The number of fused-ring (bicyclic) bond motifs is 5. The second-order valence-corrected chi connectivity index (χ2v) is 6.71. The summed E-state index contributed by atoms with van der Waals surface area (Å²) in [6.45, 7) is 1.06. The maximum Gasteiger partial charge on any atom is 0.287 e. The average molecular weight is 371 g/mol. The summed E-state index contributed by atoms with van der Waals surface area (Å²) in [5, 5.41) is 2.52. The molecule has 0 fully saturated rings. The summed E-state index contributed by atoms with van der Waals surface area (Å²) in [5.41, 5.74) is 3.43. The van der Waals surface area contributed by atoms with Gasteiger partial charge in [-0.1, -0.05) is 0 Å². The summed E-state index contributed by atoms with van der Waals surface area (Å²) in [7, 11) is 3.26. The molecule has 0 aliphatic carbocycles. The number of hydrogen-bond donors (Lipinski definition) is 0. The summed E-state index contributed by atoms with van der Waals surface area (Å²) in [5.74, 6) is 2.92. The molecule has 5 nitrogen and oxygen atoms in total. The number of ether oxygens (including phenoxy) is 4. The predicted octanol–water partition coefficient (Wildman–Crippen LogP) is 3.75. The quantitative estimate of drug-likeness (QED) is 0.509. The molecule has 3 aromatic rings. The number of rotatable bonds is 2. The first-order valence-electron chi connectivity index (χ1n) is 8.41. The van der Waals surface area contributed by atoms with E-state index < -0.39 is 0 Å². The van der Waals surface area contributed by atoms with E-state index in [4.69, 9.17) is 30.5 Å². The van der Waals surface area contributed by atoms with Crippen LogP contribution in [-0.4, -0.2) is 21.0 Å². The maximum absolute atomic E-state index is 6.83. The van der Waals surface area contributed by atoms with E-state index in [2.05, 4.69) is 16.7 Å². The van der Waals surface area contributed by atoms with E-state index in [1.165, 1.54) is 5.56 Å². The van der Waals surface area contributed by atoms with Crippen molar-refractivity contribution >= 4 is 22.4 Å². The minimum absolute atomic E-state index is 0.272. The lowest BCUT2D eigenvalue weighted by atomic mass is 9.95. The van der Waals surface area contributed by atoms with Gasteiger partial charge in [0.2, 0.25) is 12.5 Å². The predicted molar refractivity (Wildman–Crippen MR) is 97.5 cm³/mol. The Bertz CT molecular complexity index is 1060. The number of hydrogen-bond acceptors (Lipinski definition) is 4. The van der Waals surface area contributed by atoms with Crippen LogP contribution >= 0.6 is 11.6 Å². The Balaban J connectivity index is 1.81. The highest BCUT2D eigenvalue weighted by atomic mass is 35.5. The van der Waals surface area contributed by atoms with Gasteiger partial charge in [0.05, 0.1) is 19.8 Å². The standard InChI is InChI=1S/C20H17ClNO4/c1-23-15-4-3-12-7-14-13-9-17-16(25-10-26-17)8-11(13)5-6-22(14)20(21)18(12)19(15)24-2/h3-4,7-9H,5-6,10H2,1-2H3/q+1. The Labute approximate surface area is 155 Å². The SMILES string of the molecule is COc1ccc2cc3[n+](c(Cl)c2c1OC)CCc1cc2c(cc1-3)OCO2. The number of aryl methyl sites for hydroxylation is 1. The Morgan fingerprint density at radius 2 is 1.85 bits per heavy atom. The van der Waals surface area contributed by atoms with Crippen molar-refractivity contribution in [2.45, 2.75) is 13.0 Å². The topological polar surface area (TPSA) is 40.8 Å². The molecule has 6 heteroatoms. The molecular weight excluding hydrogens is 354 g/mol. The maximum atomic E-state index is 6.83. The third-order valence-corrected chi connectivity index (χ3v) is 5.48. The van der Waals surface area contributed by atoms with Crippen molar-refractivity contribution in [2.75, 3.05) is 21.0 Å². The zero-order chi connectivity index (χ0) is 17.8. The van der Waals surface area contributed by atoms with Crippen LogP contribution in [0.25, 0.3) is 22.0 Å². The van der Waals surface area contributed by atoms with Crippen LogP contribution in [0, 0.1) is 0 Å². The van der Waals surface area contributed by atoms with E-state index >= 15 is 0 Å². The third kappa shape index (κ3) is 2.07. The van der Waals surface area contributed by atoms with Crippen LogP contribution < -0.4 is 23.5 Å². The van der Waals surface area contributed by atoms with E-state index in [1.807, 2.05) is 18.2 Å². The summed E-state index contributed by atoms with van der Waals surface area (Å²) in [6.07, 6.45) is 0.876. The first-order chi connectivity index (χ1) is 12.7. The second-order valence-electron chi connectivity index (χ2n) is 6.35. The van der Waals surface area contributed by atoms with Gasteiger partial charge in [0.1, 0.15) is 5.39 Å². The van der Waals surface area contributed by atoms with Crippen LogP contribution in [0.3, 0.4) is 0 Å². The molecule has 2 aliphatic rings. The average Bonchev–Trinajstić information content (AvgIpc) is 3.12. The fraction of sp³-hybridized carbons (Fsp3) is 0.250. The van der Waals surface area contributed by atoms with E-state index in [0.29, 0.717) is 16.7 Å². The monoisotopic (exact) mass is 370 g/mol. The Kier molecular flexibility index (Phi) is 3.40. The molecule has 132 valence electrons. The first-order valence-corrected chi connectivity index (χ1v) is 8.79. The van der Waals surface area contributed by atoms with E-state index in [-0.39, 0.29) is 6.79 Å². The number of aromatic nitrogens is 1. The molecule has 5 rings (SSSR count). The largest absolute Gasteiger partial charge is 0.493 e. The van der Waals surface area contributed by atoms with Crippen LogP contribution in [0.2, 0.25) is 5.15 Å². The molecule has 2 aromatic carbocycles. The Morgan fingerprint density at radius 1 is 1.04 bits per heavy atom. The molecule has 26 heavy (non-hydrogen) atoms. The fourth-order valence-electron chi connectivity index (χ4n) is 3.84. The molecule has 0 spiro atoms. The molecule has 3 heterocycles. The van der Waals surface area contributed by atoms with Crippen molar-refractivity contribution in [3.05, 3.63) is 41.0 Å². The number of benzene rings is 2. The van der Waals surface area contributed by atoms with Crippen LogP contribution in [0.1, 0.15) is 5.56 Å². The van der Waals surface area contributed by atoms with Gasteiger partial charge in [-0.05, 0) is 46.8 Å². The fourth-order valence-corrected chi connectivity index (χ4v) is 4.22. The van der Waals surface area contributed by atoms with Crippen LogP contribution in [0.15, 0.2) is 30.3 Å². The number of nitrogens with zero attached hydrogens (tertiary/aromatic N) is 1. The van der Waals surface area contributed by atoms with Crippen molar-refractivity contribution in [2.24, 2.45) is 0 Å². The molecule has 2 aliphatic heterocycles. The number of methoxy groups -OCH3 is 2. The van der Waals surface area contributed by atoms with Gasteiger partial charge in [-0.25, -0.2) is 0 Å². The summed E-state index contributed by atoms with van der Waals surface area (Å²) >= 11 is 6.83. The van der Waals surface area contributed by atoms with Gasteiger partial charge in [-0.3, -0.25) is 0 Å². The van der Waals surface area contributed by atoms with Crippen molar-refractivity contribution in [3.8, 4) is 34.3 Å². The molecule has 0 saturated heterocycles. The zero-order valence-electron chi connectivity index (χ0n) is 14.5. The van der Waals surface area contributed by atoms with Crippen molar-refractivity contribution in [1.29, 1.82) is 0 Å². The van der Waals surface area contributed by atoms with Gasteiger partial charge in [-0.15, -0.1) is 0 Å². The van der Waals surface area contributed by atoms with Crippen LogP contribution in [-0.2, 0) is 13.0 Å². The van der Waals surface area contributed by atoms with Crippen molar-refractivity contribution in [3.63, 3.8) is 0 Å². The highest BCUT2D eigenvalue weighted by Gasteiger charge is 2.31. The summed E-state index contributed by atoms with van der Waals surface area (Å²) in [6, 6.07) is 10.2. The lowest BCUT2D eigenvalue weighted by Gasteiger charge is -2.18. The van der Waals surface area contributed by atoms with Crippen LogP contribution in [0.4, 0.5) is 0 Å². The molecular formula is C20H17ClNO4+. The van der Waals surface area contributed by atoms with Gasteiger partial charge in [0.25, 0.3) is 5.15 Å². The molecule has 0 N–H and O–H groups in total. The summed E-state index contributed by atoms with van der Waals surface area (Å²) in [4.78, 5) is 0. The van der Waals surface area contributed by atoms with Crippen molar-refractivity contribution < 1.29 is 23.5 Å². The lowest BCUT2D eigenvalue weighted by Crippen LogP contribution is -2.41. The minimum Gasteiger partial charge on any atom is -0.493 e. The molecule has 0 atom stereocenters. The van der Waals surface area contributed by atoms with E-state index in [0.717, 1.165) is 46.5 Å². The molecule has 0 amide bonds. The van der Waals surface area contributed by atoms with Gasteiger partial charge < -0.3 is 18.9 Å². The summed E-state index contributed by atoms with van der Waals surface area (Å²) < 4.78 is 24.2. The third-order valence-electron chi connectivity index (χ3n) is 5.08. The van der Waals surface area contributed by atoms with Gasteiger partial charge in [-0.2, -0.15) is 4.57 Å². The molecule has 0 unspecified atom stereocenters. The van der Waals surface area contributed by atoms with Gasteiger partial charge >= 0.3 is 0 Å². The van der Waals surface area contributed by atoms with Gasteiger partial charge in [0.15, 0.2) is 29.5 Å². The lowest BCUT2D eigenvalue weighted by molar-refractivity contribution is -0.684. The highest BCUT2D eigenvalue weighted by Crippen LogP contribution is 2.43. The minimum atomic E-state index is 0.272. The normalized spacial score (nSPS) is 14.1. The van der Waals surface area contributed by atoms with Gasteiger partial charge in [0, 0.05) is 12.5 Å². The molecule has 1 aromatic heterocycles. The zero-order valence-corrected chi connectivity index (χ0v) is 15.2. The molecule has 0 saturated carbocycles. The first kappa shape index (κ1) is 15.6. The Morgan fingerprint density at radius 3 is 2.62 bits per heavy atom. The number of pyridine rings is 1. The van der Waals surface area contributed by atoms with Crippen molar-refractivity contribution in [1.82, 2.24) is 0 Å².